The summed E-state index contributed by atoms with van der Waals surface area (Å²) < 4.78 is 70.4. The minimum absolute atomic E-state index is 0. The van der Waals surface area contributed by atoms with Crippen LogP contribution in [0.25, 0.3) is 0 Å². The summed E-state index contributed by atoms with van der Waals surface area (Å²) in [5.41, 5.74) is -1.83. The van der Waals surface area contributed by atoms with Gasteiger partial charge < -0.3 is 20.4 Å². The van der Waals surface area contributed by atoms with E-state index >= 15 is 0 Å². The molecule has 35 heavy (non-hydrogen) atoms. The molecule has 0 spiro atoms. The second-order valence-corrected chi connectivity index (χ2v) is 9.47. The minimum Gasteiger partial charge on any atom is -0.504 e. The van der Waals surface area contributed by atoms with E-state index in [2.05, 4.69) is 0 Å². The van der Waals surface area contributed by atoms with Gasteiger partial charge in [0.05, 0.1) is 0 Å². The summed E-state index contributed by atoms with van der Waals surface area (Å²) in [6.45, 7) is 15.7. The number of hydrogen-bond acceptors (Lipinski definition) is 6. The first kappa shape index (κ1) is 43.7. The van der Waals surface area contributed by atoms with Crippen LogP contribution in [0.15, 0.2) is 23.7 Å². The SMILES string of the molecule is CC(C)(C)C(=O)/C=C(\O)C(F)(F)F.CC(C)(C)C(=O)/C=C(\O)C(F)(F)F.CC(C)O.CC(C)O.[Ti]. The fourth-order valence-corrected chi connectivity index (χ4v) is 0.845. The van der Waals surface area contributed by atoms with Gasteiger partial charge in [0.15, 0.2) is 11.6 Å². The molecule has 0 fully saturated rings. The Bertz CT molecular complexity index is 604. The van der Waals surface area contributed by atoms with Crippen molar-refractivity contribution in [2.45, 2.75) is 93.8 Å². The van der Waals surface area contributed by atoms with Crippen molar-refractivity contribution < 1.29 is 78.1 Å². The molecule has 0 unspecified atom stereocenters. The molecule has 0 amide bonds. The van der Waals surface area contributed by atoms with Gasteiger partial charge in [-0.15, -0.1) is 0 Å². The Hall–Kier alpha value is -1.37. The number of carbonyl (C=O) groups excluding carboxylic acids is 2. The van der Waals surface area contributed by atoms with Crippen LogP contribution in [0.2, 0.25) is 0 Å². The standard InChI is InChI=1S/2C8H11F3O2.2C3H8O.Ti/c2*1-7(2,3)5(12)4-6(13)8(9,10)11;2*1-3(2)4;/h2*4,13H,1-3H3;2*3-4H,1-2H3;/b2*6-4-;;;. The molecule has 0 aromatic rings. The van der Waals surface area contributed by atoms with Crippen molar-refractivity contribution in [1.29, 1.82) is 0 Å². The fourth-order valence-electron chi connectivity index (χ4n) is 0.845. The molecule has 0 aromatic carbocycles. The normalized spacial score (nSPS) is 12.8. The van der Waals surface area contributed by atoms with E-state index in [-0.39, 0.29) is 46.1 Å². The van der Waals surface area contributed by atoms with Crippen LogP contribution in [0.3, 0.4) is 0 Å². The molecule has 0 aromatic heterocycles. The first-order valence-electron chi connectivity index (χ1n) is 9.97. The Morgan fingerprint density at radius 1 is 0.600 bits per heavy atom. The molecular formula is C22H38F6O6Ti. The zero-order valence-corrected chi connectivity index (χ0v) is 23.2. The first-order valence-corrected chi connectivity index (χ1v) is 9.97. The Balaban J connectivity index is -0.000000128. The third-order valence-corrected chi connectivity index (χ3v) is 2.59. The molecule has 0 atom stereocenters. The molecule has 0 bridgehead atoms. The second kappa shape index (κ2) is 18.0. The number of aliphatic hydroxyl groups excluding tert-OH is 4. The maximum atomic E-state index is 11.7. The average Bonchev–Trinajstić information content (AvgIpc) is 2.50. The van der Waals surface area contributed by atoms with Crippen molar-refractivity contribution >= 4 is 11.6 Å². The van der Waals surface area contributed by atoms with Gasteiger partial charge in [-0.25, -0.2) is 0 Å². The van der Waals surface area contributed by atoms with Gasteiger partial charge in [0, 0.05) is 56.9 Å². The van der Waals surface area contributed by atoms with Crippen LogP contribution >= 0.6 is 0 Å². The first-order chi connectivity index (χ1) is 14.6. The zero-order valence-electron chi connectivity index (χ0n) is 21.7. The van der Waals surface area contributed by atoms with Crippen LogP contribution in [-0.4, -0.2) is 56.6 Å². The Kier molecular flexibility index (Phi) is 22.4. The van der Waals surface area contributed by atoms with Crippen LogP contribution in [-0.2, 0) is 31.3 Å². The van der Waals surface area contributed by atoms with Crippen LogP contribution in [0.1, 0.15) is 69.2 Å². The molecule has 6 nitrogen and oxygen atoms in total. The molecular weight excluding hydrogens is 522 g/mol. The number of carbonyl (C=O) groups is 2. The molecule has 0 heterocycles. The smallest absolute Gasteiger partial charge is 0.448 e. The van der Waals surface area contributed by atoms with Gasteiger partial charge >= 0.3 is 12.4 Å². The molecule has 0 rings (SSSR count). The van der Waals surface area contributed by atoms with Gasteiger partial charge in [-0.2, -0.15) is 26.3 Å². The zero-order chi connectivity index (χ0) is 28.9. The number of alkyl halides is 6. The number of rotatable bonds is 2. The Morgan fingerprint density at radius 2 is 0.743 bits per heavy atom. The molecule has 0 aliphatic rings. The molecule has 0 aliphatic carbocycles. The summed E-state index contributed by atoms with van der Waals surface area (Å²) in [7, 11) is 0. The average molecular weight is 560 g/mol. The van der Waals surface area contributed by atoms with Crippen molar-refractivity contribution in [3.63, 3.8) is 0 Å². The number of hydrogen-bond donors (Lipinski definition) is 4. The summed E-state index contributed by atoms with van der Waals surface area (Å²) in [6.07, 6.45) is -9.61. The Morgan fingerprint density at radius 3 is 0.829 bits per heavy atom. The number of aliphatic hydroxyl groups is 4. The van der Waals surface area contributed by atoms with Gasteiger partial charge in [0.2, 0.25) is 11.5 Å². The van der Waals surface area contributed by atoms with Crippen LogP contribution in [0.5, 0.6) is 0 Å². The monoisotopic (exact) mass is 560 g/mol. The van der Waals surface area contributed by atoms with E-state index in [4.69, 9.17) is 20.4 Å². The quantitative estimate of drug-likeness (QED) is 0.143. The third kappa shape index (κ3) is 32.6. The molecule has 0 saturated carbocycles. The number of allylic oxidation sites excluding steroid dienone is 4. The van der Waals surface area contributed by atoms with Crippen LogP contribution in [0.4, 0.5) is 26.3 Å². The summed E-state index contributed by atoms with van der Waals surface area (Å²) >= 11 is 0. The van der Waals surface area contributed by atoms with Crippen LogP contribution < -0.4 is 0 Å². The molecule has 0 aliphatic heterocycles. The van der Waals surface area contributed by atoms with Gasteiger partial charge in [-0.05, 0) is 27.7 Å². The summed E-state index contributed by atoms with van der Waals surface area (Å²) in [6, 6.07) is 0. The number of halogens is 6. The summed E-state index contributed by atoms with van der Waals surface area (Å²) in [5.74, 6) is -5.23. The number of ketones is 2. The van der Waals surface area contributed by atoms with E-state index in [1.807, 2.05) is 0 Å². The maximum Gasteiger partial charge on any atom is 0.448 e. The maximum absolute atomic E-state index is 11.7. The van der Waals surface area contributed by atoms with Crippen LogP contribution in [0, 0.1) is 10.8 Å². The third-order valence-electron chi connectivity index (χ3n) is 2.59. The molecule has 13 heteroatoms. The second-order valence-electron chi connectivity index (χ2n) is 9.47. The van der Waals surface area contributed by atoms with Crippen molar-refractivity contribution in [2.24, 2.45) is 10.8 Å². The van der Waals surface area contributed by atoms with Crippen molar-refractivity contribution in [1.82, 2.24) is 0 Å². The van der Waals surface area contributed by atoms with Gasteiger partial charge in [-0.1, -0.05) is 41.5 Å². The predicted molar refractivity (Wildman–Crippen MR) is 117 cm³/mol. The van der Waals surface area contributed by atoms with Crippen molar-refractivity contribution in [3.8, 4) is 0 Å². The van der Waals surface area contributed by atoms with E-state index in [0.29, 0.717) is 0 Å². The van der Waals surface area contributed by atoms with Gasteiger partial charge in [0.1, 0.15) is 0 Å². The van der Waals surface area contributed by atoms with Crippen molar-refractivity contribution in [3.05, 3.63) is 23.7 Å². The van der Waals surface area contributed by atoms with Crippen molar-refractivity contribution in [2.75, 3.05) is 0 Å². The molecule has 0 radical (unpaired) electrons. The topological polar surface area (TPSA) is 115 Å². The van der Waals surface area contributed by atoms with E-state index in [9.17, 15) is 35.9 Å². The summed E-state index contributed by atoms with van der Waals surface area (Å²) in [4.78, 5) is 22.0. The van der Waals surface area contributed by atoms with E-state index in [0.717, 1.165) is 0 Å². The fraction of sp³-hybridized carbons (Fsp3) is 0.727. The Labute approximate surface area is 218 Å². The van der Waals surface area contributed by atoms with E-state index < -0.39 is 46.3 Å². The summed E-state index contributed by atoms with van der Waals surface area (Å²) in [5, 5.41) is 33.0. The minimum atomic E-state index is -4.85. The molecule has 0 saturated heterocycles. The van der Waals surface area contributed by atoms with Gasteiger partial charge in [0.25, 0.3) is 0 Å². The molecule has 208 valence electrons. The molecule has 4 N–H and O–H groups in total. The van der Waals surface area contributed by atoms with Gasteiger partial charge in [-0.3, -0.25) is 9.59 Å². The predicted octanol–water partition coefficient (Wildman–Crippen LogP) is 5.98. The largest absolute Gasteiger partial charge is 0.504 e. The van der Waals surface area contributed by atoms with E-state index in [1.54, 1.807) is 27.7 Å². The van der Waals surface area contributed by atoms with E-state index in [1.165, 1.54) is 41.5 Å².